The summed E-state index contributed by atoms with van der Waals surface area (Å²) in [4.78, 5) is 30.0. The minimum atomic E-state index is -0.297. The fourth-order valence-corrected chi connectivity index (χ4v) is 4.55. The summed E-state index contributed by atoms with van der Waals surface area (Å²) in [5.41, 5.74) is 2.52. The van der Waals surface area contributed by atoms with E-state index in [0.717, 1.165) is 10.9 Å². The largest absolute Gasteiger partial charge is 0.497 e. The van der Waals surface area contributed by atoms with Crippen molar-refractivity contribution in [1.29, 1.82) is 0 Å². The third kappa shape index (κ3) is 4.49. The highest BCUT2D eigenvalue weighted by molar-refractivity contribution is 5.99. The molecule has 35 heavy (non-hydrogen) atoms. The van der Waals surface area contributed by atoms with Gasteiger partial charge in [-0.1, -0.05) is 36.4 Å². The van der Waals surface area contributed by atoms with Gasteiger partial charge in [-0.15, -0.1) is 0 Å². The predicted octanol–water partition coefficient (Wildman–Crippen LogP) is 4.44. The molecular weight excluding hydrogens is 445 g/mol. The predicted molar refractivity (Wildman–Crippen MR) is 132 cm³/mol. The van der Waals surface area contributed by atoms with E-state index in [0.29, 0.717) is 48.7 Å². The van der Waals surface area contributed by atoms with Gasteiger partial charge in [0.05, 0.1) is 13.7 Å². The van der Waals surface area contributed by atoms with Gasteiger partial charge in [0.25, 0.3) is 11.8 Å². The van der Waals surface area contributed by atoms with Gasteiger partial charge in [-0.25, -0.2) is 4.39 Å². The number of carbonyl (C=O) groups is 2. The highest BCUT2D eigenvalue weighted by Crippen LogP contribution is 2.24. The Kier molecular flexibility index (Phi) is 6.23. The average molecular weight is 472 g/mol. The number of piperazine rings is 1. The number of amides is 2. The van der Waals surface area contributed by atoms with Crippen LogP contribution < -0.4 is 4.74 Å². The number of nitrogens with zero attached hydrogens (tertiary/aromatic N) is 3. The number of fused-ring (bicyclic) bond motifs is 1. The number of benzene rings is 3. The lowest BCUT2D eigenvalue weighted by molar-refractivity contribution is 0.0530. The zero-order valence-corrected chi connectivity index (χ0v) is 19.5. The van der Waals surface area contributed by atoms with Gasteiger partial charge < -0.3 is 19.1 Å². The number of rotatable bonds is 5. The lowest BCUT2D eigenvalue weighted by Gasteiger charge is -2.35. The van der Waals surface area contributed by atoms with Crippen molar-refractivity contribution in [3.05, 3.63) is 102 Å². The van der Waals surface area contributed by atoms with Crippen LogP contribution in [-0.4, -0.2) is 59.5 Å². The summed E-state index contributed by atoms with van der Waals surface area (Å²) in [7, 11) is 1.59. The van der Waals surface area contributed by atoms with Crippen LogP contribution in [0.2, 0.25) is 0 Å². The van der Waals surface area contributed by atoms with Crippen LogP contribution in [0.4, 0.5) is 4.39 Å². The lowest BCUT2D eigenvalue weighted by Crippen LogP contribution is -2.50. The summed E-state index contributed by atoms with van der Waals surface area (Å²) in [6, 6.07) is 23.3. The first-order chi connectivity index (χ1) is 17.0. The molecule has 7 heteroatoms. The maximum absolute atomic E-state index is 14.4. The number of aromatic nitrogens is 1. The Labute approximate surface area is 203 Å². The van der Waals surface area contributed by atoms with Crippen molar-refractivity contribution in [2.45, 2.75) is 6.54 Å². The van der Waals surface area contributed by atoms with Crippen molar-refractivity contribution in [3.8, 4) is 5.75 Å². The minimum Gasteiger partial charge on any atom is -0.497 e. The number of hydrogen-bond donors (Lipinski definition) is 0. The normalized spacial score (nSPS) is 13.8. The Bertz CT molecular complexity index is 1370. The Morgan fingerprint density at radius 1 is 0.829 bits per heavy atom. The van der Waals surface area contributed by atoms with Gasteiger partial charge in [0.2, 0.25) is 0 Å². The maximum Gasteiger partial charge on any atom is 0.270 e. The minimum absolute atomic E-state index is 0.0616. The van der Waals surface area contributed by atoms with Crippen molar-refractivity contribution >= 4 is 22.7 Å². The number of carbonyl (C=O) groups excluding carboxylic acids is 2. The summed E-state index contributed by atoms with van der Waals surface area (Å²) in [5.74, 6) is 0.222. The molecule has 0 N–H and O–H groups in total. The molecule has 178 valence electrons. The number of methoxy groups -OCH3 is 1. The van der Waals surface area contributed by atoms with Crippen LogP contribution in [0.3, 0.4) is 0 Å². The van der Waals surface area contributed by atoms with Gasteiger partial charge in [0, 0.05) is 48.2 Å². The number of para-hydroxylation sites is 1. The van der Waals surface area contributed by atoms with Crippen LogP contribution >= 0.6 is 0 Å². The van der Waals surface area contributed by atoms with Gasteiger partial charge in [-0.05, 0) is 42.5 Å². The zero-order chi connectivity index (χ0) is 24.4. The van der Waals surface area contributed by atoms with E-state index in [-0.39, 0.29) is 24.2 Å². The van der Waals surface area contributed by atoms with Gasteiger partial charge in [-0.3, -0.25) is 9.59 Å². The molecule has 0 unspecified atom stereocenters. The van der Waals surface area contributed by atoms with Gasteiger partial charge in [-0.2, -0.15) is 0 Å². The van der Waals surface area contributed by atoms with Crippen LogP contribution in [0.25, 0.3) is 10.9 Å². The molecule has 1 aliphatic rings. The molecule has 0 spiro atoms. The fraction of sp³-hybridized carbons (Fsp3) is 0.214. The molecule has 2 amide bonds. The molecular formula is C28H26FN3O3. The Morgan fingerprint density at radius 3 is 2.14 bits per heavy atom. The molecule has 0 radical (unpaired) electrons. The molecule has 1 fully saturated rings. The molecule has 3 aromatic carbocycles. The van der Waals surface area contributed by atoms with E-state index in [2.05, 4.69) is 0 Å². The lowest BCUT2D eigenvalue weighted by atomic mass is 10.1. The van der Waals surface area contributed by atoms with E-state index in [1.165, 1.54) is 6.07 Å². The molecule has 1 saturated heterocycles. The second kappa shape index (κ2) is 9.62. The maximum atomic E-state index is 14.4. The first-order valence-electron chi connectivity index (χ1n) is 11.6. The van der Waals surface area contributed by atoms with Crippen molar-refractivity contribution in [1.82, 2.24) is 14.4 Å². The molecule has 0 saturated carbocycles. The topological polar surface area (TPSA) is 54.8 Å². The summed E-state index contributed by atoms with van der Waals surface area (Å²) in [6.07, 6.45) is 0. The van der Waals surface area contributed by atoms with E-state index >= 15 is 0 Å². The van der Waals surface area contributed by atoms with Crippen molar-refractivity contribution < 1.29 is 18.7 Å². The van der Waals surface area contributed by atoms with Crippen LogP contribution in [0.5, 0.6) is 5.75 Å². The molecule has 0 atom stereocenters. The molecule has 5 rings (SSSR count). The van der Waals surface area contributed by atoms with Gasteiger partial charge in [0.1, 0.15) is 17.3 Å². The van der Waals surface area contributed by atoms with Crippen LogP contribution in [0.15, 0.2) is 78.9 Å². The molecule has 0 bridgehead atoms. The number of halogens is 1. The van der Waals surface area contributed by atoms with E-state index in [1.54, 1.807) is 59.4 Å². The summed E-state index contributed by atoms with van der Waals surface area (Å²) in [6.45, 7) is 2.02. The van der Waals surface area contributed by atoms with E-state index in [9.17, 15) is 14.0 Å². The van der Waals surface area contributed by atoms with Gasteiger partial charge in [0.15, 0.2) is 0 Å². The molecule has 2 heterocycles. The SMILES string of the molecule is COc1ccc(C(=O)N2CCN(C(=O)c3cc4ccccc4n3Cc3ccccc3F)CC2)cc1. The molecule has 4 aromatic rings. The Hall–Kier alpha value is -4.13. The Balaban J connectivity index is 1.34. The average Bonchev–Trinajstić information content (AvgIpc) is 3.27. The Morgan fingerprint density at radius 2 is 1.46 bits per heavy atom. The highest BCUT2D eigenvalue weighted by atomic mass is 19.1. The third-order valence-electron chi connectivity index (χ3n) is 6.51. The van der Waals surface area contributed by atoms with Crippen LogP contribution in [0.1, 0.15) is 26.4 Å². The van der Waals surface area contributed by atoms with E-state index in [4.69, 9.17) is 4.74 Å². The summed E-state index contributed by atoms with van der Waals surface area (Å²) in [5, 5.41) is 0.931. The highest BCUT2D eigenvalue weighted by Gasteiger charge is 2.28. The van der Waals surface area contributed by atoms with E-state index in [1.807, 2.05) is 34.9 Å². The smallest absolute Gasteiger partial charge is 0.270 e. The first kappa shape index (κ1) is 22.7. The molecule has 1 aliphatic heterocycles. The van der Waals surface area contributed by atoms with Crippen molar-refractivity contribution in [2.75, 3.05) is 33.3 Å². The monoisotopic (exact) mass is 471 g/mol. The second-order valence-electron chi connectivity index (χ2n) is 8.58. The van der Waals surface area contributed by atoms with Crippen LogP contribution in [-0.2, 0) is 6.54 Å². The zero-order valence-electron chi connectivity index (χ0n) is 19.5. The molecule has 6 nitrogen and oxygen atoms in total. The summed E-state index contributed by atoms with van der Waals surface area (Å²) < 4.78 is 21.5. The van der Waals surface area contributed by atoms with Crippen molar-refractivity contribution in [3.63, 3.8) is 0 Å². The summed E-state index contributed by atoms with van der Waals surface area (Å²) >= 11 is 0. The van der Waals surface area contributed by atoms with Crippen molar-refractivity contribution in [2.24, 2.45) is 0 Å². The first-order valence-corrected chi connectivity index (χ1v) is 11.6. The molecule has 0 aliphatic carbocycles. The third-order valence-corrected chi connectivity index (χ3v) is 6.51. The number of ether oxygens (including phenoxy) is 1. The second-order valence-corrected chi connectivity index (χ2v) is 8.58. The number of hydrogen-bond acceptors (Lipinski definition) is 3. The molecule has 1 aromatic heterocycles. The standard InChI is InChI=1S/C28H26FN3O3/c1-35-23-12-10-20(11-13-23)27(33)30-14-16-31(17-15-30)28(34)26-18-21-6-3-5-9-25(21)32(26)19-22-7-2-4-8-24(22)29/h2-13,18H,14-17,19H2,1H3. The van der Waals surface area contributed by atoms with E-state index < -0.39 is 0 Å². The fourth-order valence-electron chi connectivity index (χ4n) is 4.55. The quantitative estimate of drug-likeness (QED) is 0.433. The van der Waals surface area contributed by atoms with Gasteiger partial charge >= 0.3 is 0 Å². The van der Waals surface area contributed by atoms with Crippen LogP contribution in [0, 0.1) is 5.82 Å².